The zero-order chi connectivity index (χ0) is 9.45. The van der Waals surface area contributed by atoms with E-state index in [0.29, 0.717) is 0 Å². The van der Waals surface area contributed by atoms with Crippen LogP contribution < -0.4 is 11.5 Å². The number of nitrogens with zero attached hydrogens (tertiary/aromatic N) is 1. The van der Waals surface area contributed by atoms with Crippen molar-refractivity contribution in [3.05, 3.63) is 12.7 Å². The normalized spacial score (nSPS) is 19.8. The van der Waals surface area contributed by atoms with E-state index in [-0.39, 0.29) is 5.66 Å². The molecule has 3 heteroatoms. The number of nitriles is 1. The fourth-order valence-corrected chi connectivity index (χ4v) is 1.21. The van der Waals surface area contributed by atoms with Crippen LogP contribution in [0.3, 0.4) is 0 Å². The Morgan fingerprint density at radius 3 is 1.83 bits per heavy atom. The van der Waals surface area contributed by atoms with Crippen molar-refractivity contribution in [3.8, 4) is 6.07 Å². The van der Waals surface area contributed by atoms with Crippen LogP contribution in [0.5, 0.6) is 0 Å². The molecular weight excluding hydrogens is 150 g/mol. The summed E-state index contributed by atoms with van der Waals surface area (Å²) in [6.07, 6.45) is 6.94. The SMILES string of the molecule is C=CC#N.NC1(N)CCCCC1. The van der Waals surface area contributed by atoms with Gasteiger partial charge < -0.3 is 11.5 Å². The molecule has 0 bridgehead atoms. The maximum Gasteiger partial charge on any atom is 0.0905 e. The Bertz CT molecular complexity index is 159. The lowest BCUT2D eigenvalue weighted by Gasteiger charge is -2.28. The molecule has 12 heavy (non-hydrogen) atoms. The highest BCUT2D eigenvalue weighted by molar-refractivity contribution is 4.93. The van der Waals surface area contributed by atoms with Crippen LogP contribution in [0, 0.1) is 11.3 Å². The zero-order valence-electron chi connectivity index (χ0n) is 7.42. The molecule has 0 radical (unpaired) electrons. The van der Waals surface area contributed by atoms with Crippen molar-refractivity contribution in [2.45, 2.75) is 37.8 Å². The molecule has 1 saturated carbocycles. The molecule has 4 N–H and O–H groups in total. The van der Waals surface area contributed by atoms with Crippen LogP contribution in [-0.2, 0) is 0 Å². The Labute approximate surface area is 74.0 Å². The van der Waals surface area contributed by atoms with Crippen LogP contribution >= 0.6 is 0 Å². The standard InChI is InChI=1S/C6H14N2.C3H3N/c7-6(8)4-2-1-3-5-6;1-2-3-4/h1-5,7-8H2;2H,1H2. The van der Waals surface area contributed by atoms with Gasteiger partial charge in [0.2, 0.25) is 0 Å². The van der Waals surface area contributed by atoms with Gasteiger partial charge >= 0.3 is 0 Å². The smallest absolute Gasteiger partial charge is 0.0905 e. The van der Waals surface area contributed by atoms with Crippen LogP contribution in [0.4, 0.5) is 0 Å². The van der Waals surface area contributed by atoms with E-state index >= 15 is 0 Å². The number of allylic oxidation sites excluding steroid dienone is 1. The summed E-state index contributed by atoms with van der Waals surface area (Å²) in [4.78, 5) is 0. The lowest BCUT2D eigenvalue weighted by atomic mass is 9.91. The van der Waals surface area contributed by atoms with Crippen molar-refractivity contribution in [1.29, 1.82) is 5.26 Å². The Hall–Kier alpha value is -0.850. The lowest BCUT2D eigenvalue weighted by Crippen LogP contribution is -2.50. The molecule has 0 amide bonds. The summed E-state index contributed by atoms with van der Waals surface area (Å²) < 4.78 is 0. The van der Waals surface area contributed by atoms with Gasteiger partial charge in [0, 0.05) is 6.08 Å². The van der Waals surface area contributed by atoms with Crippen molar-refractivity contribution >= 4 is 0 Å². The van der Waals surface area contributed by atoms with E-state index in [1.807, 2.05) is 0 Å². The predicted octanol–water partition coefficient (Wildman–Crippen LogP) is 1.26. The fourth-order valence-electron chi connectivity index (χ4n) is 1.21. The number of nitrogens with two attached hydrogens (primary N) is 2. The maximum absolute atomic E-state index is 7.51. The second-order valence-corrected chi connectivity index (χ2v) is 3.13. The Morgan fingerprint density at radius 1 is 1.25 bits per heavy atom. The molecule has 1 rings (SSSR count). The molecule has 0 aliphatic heterocycles. The van der Waals surface area contributed by atoms with Gasteiger partial charge in [0.1, 0.15) is 0 Å². The quantitative estimate of drug-likeness (QED) is 0.421. The van der Waals surface area contributed by atoms with Gasteiger partial charge in [-0.25, -0.2) is 0 Å². The highest BCUT2D eigenvalue weighted by Gasteiger charge is 2.21. The van der Waals surface area contributed by atoms with Crippen molar-refractivity contribution in [3.63, 3.8) is 0 Å². The zero-order valence-corrected chi connectivity index (χ0v) is 7.42. The molecule has 0 aromatic rings. The summed E-state index contributed by atoms with van der Waals surface area (Å²) in [5, 5.41) is 7.51. The highest BCUT2D eigenvalue weighted by atomic mass is 14.9. The second kappa shape index (κ2) is 5.76. The number of rotatable bonds is 0. The molecular formula is C9H17N3. The number of hydrogen-bond acceptors (Lipinski definition) is 3. The molecule has 1 fully saturated rings. The van der Waals surface area contributed by atoms with Gasteiger partial charge in [0.05, 0.1) is 11.7 Å². The molecule has 0 atom stereocenters. The van der Waals surface area contributed by atoms with Crippen LogP contribution in [0.2, 0.25) is 0 Å². The molecule has 0 unspecified atom stereocenters. The summed E-state index contributed by atoms with van der Waals surface area (Å²) in [5.74, 6) is 0. The van der Waals surface area contributed by atoms with Crippen molar-refractivity contribution < 1.29 is 0 Å². The Balaban J connectivity index is 0.000000261. The van der Waals surface area contributed by atoms with Gasteiger partial charge in [-0.2, -0.15) is 5.26 Å². The molecule has 0 aromatic carbocycles. The number of hydrogen-bond donors (Lipinski definition) is 2. The van der Waals surface area contributed by atoms with Gasteiger partial charge in [0.25, 0.3) is 0 Å². The third-order valence-electron chi connectivity index (χ3n) is 1.88. The van der Waals surface area contributed by atoms with Gasteiger partial charge in [-0.1, -0.05) is 25.8 Å². The Kier molecular flexibility index (Phi) is 5.35. The average Bonchev–Trinajstić information content (AvgIpc) is 2.05. The second-order valence-electron chi connectivity index (χ2n) is 3.13. The molecule has 0 heterocycles. The van der Waals surface area contributed by atoms with Crippen molar-refractivity contribution in [2.75, 3.05) is 0 Å². The molecule has 3 nitrogen and oxygen atoms in total. The summed E-state index contributed by atoms with van der Waals surface area (Å²) in [6, 6.07) is 1.69. The van der Waals surface area contributed by atoms with E-state index in [2.05, 4.69) is 6.58 Å². The monoisotopic (exact) mass is 167 g/mol. The van der Waals surface area contributed by atoms with Gasteiger partial charge in [0.15, 0.2) is 0 Å². The maximum atomic E-state index is 7.51. The van der Waals surface area contributed by atoms with Gasteiger partial charge in [-0.05, 0) is 12.8 Å². The van der Waals surface area contributed by atoms with E-state index in [1.165, 1.54) is 25.3 Å². The van der Waals surface area contributed by atoms with Crippen LogP contribution in [0.25, 0.3) is 0 Å². The van der Waals surface area contributed by atoms with E-state index < -0.39 is 0 Å². The van der Waals surface area contributed by atoms with E-state index in [0.717, 1.165) is 12.8 Å². The molecule has 0 aromatic heterocycles. The summed E-state index contributed by atoms with van der Waals surface area (Å²) in [7, 11) is 0. The van der Waals surface area contributed by atoms with Crippen molar-refractivity contribution in [2.24, 2.45) is 11.5 Å². The predicted molar refractivity (Wildman–Crippen MR) is 50.0 cm³/mol. The summed E-state index contributed by atoms with van der Waals surface area (Å²) in [5.41, 5.74) is 11.0. The van der Waals surface area contributed by atoms with Crippen molar-refractivity contribution in [1.82, 2.24) is 0 Å². The fraction of sp³-hybridized carbons (Fsp3) is 0.667. The van der Waals surface area contributed by atoms with Crippen LogP contribution in [0.15, 0.2) is 12.7 Å². The first-order valence-electron chi connectivity index (χ1n) is 4.20. The van der Waals surface area contributed by atoms with Gasteiger partial charge in [-0.15, -0.1) is 0 Å². The minimum atomic E-state index is -0.321. The topological polar surface area (TPSA) is 75.8 Å². The van der Waals surface area contributed by atoms with E-state index in [1.54, 1.807) is 6.07 Å². The first-order chi connectivity index (χ1) is 5.62. The highest BCUT2D eigenvalue weighted by Crippen LogP contribution is 2.20. The van der Waals surface area contributed by atoms with E-state index in [9.17, 15) is 0 Å². The lowest BCUT2D eigenvalue weighted by molar-refractivity contribution is 0.306. The molecule has 0 spiro atoms. The third-order valence-corrected chi connectivity index (χ3v) is 1.88. The minimum Gasteiger partial charge on any atom is -0.313 e. The molecule has 1 aliphatic rings. The first kappa shape index (κ1) is 11.2. The first-order valence-corrected chi connectivity index (χ1v) is 4.20. The van der Waals surface area contributed by atoms with E-state index in [4.69, 9.17) is 16.7 Å². The molecule has 1 aliphatic carbocycles. The molecule has 68 valence electrons. The Morgan fingerprint density at radius 2 is 1.67 bits per heavy atom. The minimum absolute atomic E-state index is 0.321. The average molecular weight is 167 g/mol. The van der Waals surface area contributed by atoms with Crippen LogP contribution in [0.1, 0.15) is 32.1 Å². The van der Waals surface area contributed by atoms with Gasteiger partial charge in [-0.3, -0.25) is 0 Å². The third kappa shape index (κ3) is 5.90. The van der Waals surface area contributed by atoms with Crippen LogP contribution in [-0.4, -0.2) is 5.66 Å². The summed E-state index contributed by atoms with van der Waals surface area (Å²) in [6.45, 7) is 3.12. The summed E-state index contributed by atoms with van der Waals surface area (Å²) >= 11 is 0. The molecule has 0 saturated heterocycles. The largest absolute Gasteiger partial charge is 0.313 e.